The molecule has 176 valence electrons. The number of pyridine rings is 1. The predicted molar refractivity (Wildman–Crippen MR) is 127 cm³/mol. The lowest BCUT2D eigenvalue weighted by atomic mass is 10.2. The first-order valence-corrected chi connectivity index (χ1v) is 10.6. The van der Waals surface area contributed by atoms with Crippen molar-refractivity contribution in [3.63, 3.8) is 0 Å². The Morgan fingerprint density at radius 2 is 1.83 bits per heavy atom. The molecule has 35 heavy (non-hydrogen) atoms. The highest BCUT2D eigenvalue weighted by molar-refractivity contribution is 6.32. The topological polar surface area (TPSA) is 111 Å². The second-order valence-electron chi connectivity index (χ2n) is 7.04. The van der Waals surface area contributed by atoms with E-state index in [-0.39, 0.29) is 23.1 Å². The normalized spacial score (nSPS) is 10.8. The van der Waals surface area contributed by atoms with Gasteiger partial charge in [-0.3, -0.25) is 25.0 Å². The number of hydrogen-bond acceptors (Lipinski definition) is 6. The molecule has 0 bridgehead atoms. The summed E-state index contributed by atoms with van der Waals surface area (Å²) in [6.07, 6.45) is 4.01. The third-order valence-corrected chi connectivity index (χ3v) is 5.09. The van der Waals surface area contributed by atoms with E-state index < -0.39 is 11.8 Å². The van der Waals surface area contributed by atoms with Gasteiger partial charge in [-0.25, -0.2) is 9.37 Å². The molecule has 0 aliphatic carbocycles. The van der Waals surface area contributed by atoms with E-state index in [1.54, 1.807) is 41.0 Å². The highest BCUT2D eigenvalue weighted by atomic mass is 35.5. The number of hydrazine groups is 1. The largest absolute Gasteiger partial charge is 0.481 e. The van der Waals surface area contributed by atoms with Gasteiger partial charge in [0.2, 0.25) is 5.88 Å². The molecule has 0 radical (unpaired) electrons. The van der Waals surface area contributed by atoms with Gasteiger partial charge in [-0.05, 0) is 48.5 Å². The van der Waals surface area contributed by atoms with E-state index in [1.165, 1.54) is 49.7 Å². The summed E-state index contributed by atoms with van der Waals surface area (Å²) in [6.45, 7) is 0. The molecule has 0 spiro atoms. The first kappa shape index (κ1) is 23.6. The van der Waals surface area contributed by atoms with Gasteiger partial charge in [-0.1, -0.05) is 23.7 Å². The quantitative estimate of drug-likeness (QED) is 0.314. The molecule has 0 saturated carbocycles. The van der Waals surface area contributed by atoms with Gasteiger partial charge in [0.25, 0.3) is 11.8 Å². The second kappa shape index (κ2) is 10.6. The van der Waals surface area contributed by atoms with Crippen LogP contribution in [0.5, 0.6) is 5.88 Å². The van der Waals surface area contributed by atoms with Gasteiger partial charge < -0.3 is 4.74 Å². The minimum absolute atomic E-state index is 0.253. The van der Waals surface area contributed by atoms with Crippen LogP contribution < -0.4 is 15.6 Å². The number of aromatic nitrogens is 4. The molecular formula is C24H18ClFN6O3. The fourth-order valence-electron chi connectivity index (χ4n) is 3.11. The maximum Gasteiger partial charge on any atom is 0.269 e. The molecule has 4 aromatic rings. The number of benzene rings is 2. The molecule has 0 unspecified atom stereocenters. The molecule has 11 heteroatoms. The monoisotopic (exact) mass is 492 g/mol. The molecular weight excluding hydrogens is 475 g/mol. The van der Waals surface area contributed by atoms with Crippen LogP contribution in [0.2, 0.25) is 5.02 Å². The van der Waals surface area contributed by atoms with Crippen molar-refractivity contribution in [3.8, 4) is 23.0 Å². The van der Waals surface area contributed by atoms with Gasteiger partial charge >= 0.3 is 0 Å². The van der Waals surface area contributed by atoms with E-state index in [9.17, 15) is 14.0 Å². The fraction of sp³-hybridized carbons (Fsp3) is 0.0417. The standard InChI is InChI=1S/C24H18ClFN6O3/c1-35-22-14-16(12-13-27-22)24(34)31-29-21(33)11-10-20-28-30-23(15-6-8-17(26)9-7-15)32(20)19-5-3-2-4-18(19)25/h2-14H,1H3,(H,29,33)(H,31,34)/b11-10+. The van der Waals surface area contributed by atoms with Crippen molar-refractivity contribution in [1.29, 1.82) is 0 Å². The maximum absolute atomic E-state index is 13.4. The molecule has 0 fully saturated rings. The maximum atomic E-state index is 13.4. The Bertz CT molecular complexity index is 1400. The summed E-state index contributed by atoms with van der Waals surface area (Å²) in [5, 5.41) is 8.78. The molecule has 0 saturated heterocycles. The molecule has 0 aliphatic rings. The third kappa shape index (κ3) is 5.50. The Hall–Kier alpha value is -4.57. The lowest BCUT2D eigenvalue weighted by Crippen LogP contribution is -2.40. The highest BCUT2D eigenvalue weighted by Gasteiger charge is 2.16. The van der Waals surface area contributed by atoms with Gasteiger partial charge in [0, 0.05) is 29.5 Å². The minimum atomic E-state index is -0.614. The summed E-state index contributed by atoms with van der Waals surface area (Å²) in [6, 6.07) is 15.7. The van der Waals surface area contributed by atoms with Crippen molar-refractivity contribution in [2.45, 2.75) is 0 Å². The number of nitrogens with one attached hydrogen (secondary N) is 2. The summed E-state index contributed by atoms with van der Waals surface area (Å²) in [4.78, 5) is 28.5. The highest BCUT2D eigenvalue weighted by Crippen LogP contribution is 2.28. The second-order valence-corrected chi connectivity index (χ2v) is 7.45. The van der Waals surface area contributed by atoms with Crippen molar-refractivity contribution in [1.82, 2.24) is 30.6 Å². The lowest BCUT2D eigenvalue weighted by molar-refractivity contribution is -0.117. The fourth-order valence-corrected chi connectivity index (χ4v) is 3.33. The van der Waals surface area contributed by atoms with E-state index in [2.05, 4.69) is 26.0 Å². The van der Waals surface area contributed by atoms with Gasteiger partial charge in [0.1, 0.15) is 5.82 Å². The molecule has 2 heterocycles. The van der Waals surface area contributed by atoms with Crippen LogP contribution >= 0.6 is 11.6 Å². The smallest absolute Gasteiger partial charge is 0.269 e. The Kier molecular flexibility index (Phi) is 7.12. The molecule has 0 atom stereocenters. The molecule has 0 aliphatic heterocycles. The van der Waals surface area contributed by atoms with Crippen molar-refractivity contribution >= 4 is 29.5 Å². The number of rotatable bonds is 6. The average molecular weight is 493 g/mol. The number of hydrogen-bond donors (Lipinski definition) is 2. The lowest BCUT2D eigenvalue weighted by Gasteiger charge is -2.11. The number of amides is 2. The van der Waals surface area contributed by atoms with Crippen LogP contribution in [0.4, 0.5) is 4.39 Å². The summed E-state index contributed by atoms with van der Waals surface area (Å²) >= 11 is 6.40. The van der Waals surface area contributed by atoms with Crippen LogP contribution in [-0.2, 0) is 4.79 Å². The number of methoxy groups -OCH3 is 1. The molecule has 2 aromatic heterocycles. The number of carbonyl (C=O) groups excluding carboxylic acids is 2. The predicted octanol–water partition coefficient (Wildman–Crippen LogP) is 3.60. The molecule has 2 aromatic carbocycles. The Morgan fingerprint density at radius 3 is 2.57 bits per heavy atom. The molecule has 2 amide bonds. The number of para-hydroxylation sites is 1. The molecule has 2 N–H and O–H groups in total. The number of ether oxygens (including phenoxy) is 1. The van der Waals surface area contributed by atoms with E-state index in [1.807, 2.05) is 0 Å². The summed E-state index contributed by atoms with van der Waals surface area (Å²) < 4.78 is 20.0. The first-order chi connectivity index (χ1) is 17.0. The van der Waals surface area contributed by atoms with Crippen molar-refractivity contribution in [2.24, 2.45) is 0 Å². The number of halogens is 2. The zero-order chi connectivity index (χ0) is 24.8. The third-order valence-electron chi connectivity index (χ3n) is 4.77. The summed E-state index contributed by atoms with van der Waals surface area (Å²) in [5.41, 5.74) is 6.02. The zero-order valence-electron chi connectivity index (χ0n) is 18.3. The van der Waals surface area contributed by atoms with Crippen molar-refractivity contribution in [3.05, 3.63) is 95.2 Å². The minimum Gasteiger partial charge on any atom is -0.481 e. The number of nitrogens with zero attached hydrogens (tertiary/aromatic N) is 4. The van der Waals surface area contributed by atoms with E-state index >= 15 is 0 Å². The van der Waals surface area contributed by atoms with Crippen LogP contribution in [0.3, 0.4) is 0 Å². The summed E-state index contributed by atoms with van der Waals surface area (Å²) in [5.74, 6) is -0.598. The number of carbonyl (C=O) groups is 2. The van der Waals surface area contributed by atoms with E-state index in [4.69, 9.17) is 16.3 Å². The molecule has 9 nitrogen and oxygen atoms in total. The van der Waals surface area contributed by atoms with Crippen LogP contribution in [0.25, 0.3) is 23.2 Å². The Labute approximate surface area is 204 Å². The van der Waals surface area contributed by atoms with Gasteiger partial charge in [-0.2, -0.15) is 0 Å². The van der Waals surface area contributed by atoms with Gasteiger partial charge in [0.15, 0.2) is 11.6 Å². The Balaban J connectivity index is 1.56. The van der Waals surface area contributed by atoms with Crippen LogP contribution in [0.1, 0.15) is 16.2 Å². The van der Waals surface area contributed by atoms with Crippen molar-refractivity contribution < 1.29 is 18.7 Å². The van der Waals surface area contributed by atoms with Crippen molar-refractivity contribution in [2.75, 3.05) is 7.11 Å². The van der Waals surface area contributed by atoms with E-state index in [0.29, 0.717) is 22.1 Å². The molecule has 4 rings (SSSR count). The SMILES string of the molecule is COc1cc(C(=O)NNC(=O)/C=C/c2nnc(-c3ccc(F)cc3)n2-c2ccccc2Cl)ccn1. The zero-order valence-corrected chi connectivity index (χ0v) is 19.0. The van der Waals surface area contributed by atoms with Crippen LogP contribution in [0, 0.1) is 5.82 Å². The van der Waals surface area contributed by atoms with Gasteiger partial charge in [0.05, 0.1) is 17.8 Å². The first-order valence-electron chi connectivity index (χ1n) is 10.2. The van der Waals surface area contributed by atoms with Crippen LogP contribution in [0.15, 0.2) is 72.9 Å². The van der Waals surface area contributed by atoms with Crippen LogP contribution in [-0.4, -0.2) is 38.7 Å². The Morgan fingerprint density at radius 1 is 1.06 bits per heavy atom. The summed E-state index contributed by atoms with van der Waals surface area (Å²) in [7, 11) is 1.43. The van der Waals surface area contributed by atoms with Gasteiger partial charge in [-0.15, -0.1) is 10.2 Å². The average Bonchev–Trinajstić information content (AvgIpc) is 3.30. The van der Waals surface area contributed by atoms with E-state index in [0.717, 1.165) is 0 Å².